The lowest BCUT2D eigenvalue weighted by Crippen LogP contribution is -2.17. The molecular formula is C11H12FN5O2S. The number of benzene rings is 1. The van der Waals surface area contributed by atoms with E-state index in [0.29, 0.717) is 11.4 Å². The topological polar surface area (TPSA) is 111 Å². The van der Waals surface area contributed by atoms with Crippen LogP contribution in [0.5, 0.6) is 0 Å². The van der Waals surface area contributed by atoms with Gasteiger partial charge in [-0.05, 0) is 32.0 Å². The maximum Gasteiger partial charge on any atom is 0.267 e. The molecule has 1 heterocycles. The first-order chi connectivity index (χ1) is 9.29. The van der Waals surface area contributed by atoms with Crippen LogP contribution in [0.15, 0.2) is 23.1 Å². The molecule has 0 saturated carbocycles. The summed E-state index contributed by atoms with van der Waals surface area (Å²) in [6.45, 7) is 3.34. The third kappa shape index (κ3) is 2.82. The monoisotopic (exact) mass is 297 g/mol. The first-order valence-electron chi connectivity index (χ1n) is 5.55. The molecule has 1 aromatic carbocycles. The molecule has 106 valence electrons. The van der Waals surface area contributed by atoms with Crippen molar-refractivity contribution < 1.29 is 12.8 Å². The van der Waals surface area contributed by atoms with E-state index < -0.39 is 20.7 Å². The van der Waals surface area contributed by atoms with E-state index in [1.165, 1.54) is 6.07 Å². The van der Waals surface area contributed by atoms with Gasteiger partial charge in [-0.15, -0.1) is 5.10 Å². The molecule has 1 aromatic heterocycles. The number of nitrogens with zero attached hydrogens (tertiary/aromatic N) is 3. The Morgan fingerprint density at radius 2 is 1.90 bits per heavy atom. The first kappa shape index (κ1) is 14.1. The Labute approximate surface area is 115 Å². The number of hydrogen-bond donors (Lipinski definition) is 2. The van der Waals surface area contributed by atoms with Crippen LogP contribution in [0.25, 0.3) is 0 Å². The fraction of sp³-hybridized carbons (Fsp3) is 0.182. The van der Waals surface area contributed by atoms with Gasteiger partial charge < -0.3 is 5.73 Å². The molecule has 2 rings (SSSR count). The molecule has 0 fully saturated rings. The normalized spacial score (nSPS) is 11.3. The van der Waals surface area contributed by atoms with Crippen LogP contribution in [0.3, 0.4) is 0 Å². The van der Waals surface area contributed by atoms with Crippen molar-refractivity contribution in [2.75, 3.05) is 10.5 Å². The second-order valence-corrected chi connectivity index (χ2v) is 5.75. The molecule has 7 nitrogen and oxygen atoms in total. The first-order valence-corrected chi connectivity index (χ1v) is 7.03. The van der Waals surface area contributed by atoms with E-state index in [9.17, 15) is 12.8 Å². The largest absolute Gasteiger partial charge is 0.399 e. The number of aromatic nitrogens is 3. The van der Waals surface area contributed by atoms with Crippen molar-refractivity contribution in [3.8, 4) is 0 Å². The predicted molar refractivity (Wildman–Crippen MR) is 70.9 cm³/mol. The maximum atomic E-state index is 13.6. The number of rotatable bonds is 3. The standard InChI is InChI=1S/C11H12FN5O2S/c1-6-7(2)15-16-11(14-6)17-20(18,19)10-5-8(13)3-4-9(10)12/h3-5H,13H2,1-2H3,(H,14,16,17). The zero-order valence-electron chi connectivity index (χ0n) is 10.8. The number of anilines is 2. The van der Waals surface area contributed by atoms with Crippen LogP contribution in [-0.4, -0.2) is 23.6 Å². The lowest BCUT2D eigenvalue weighted by atomic mass is 10.3. The average molecular weight is 297 g/mol. The van der Waals surface area contributed by atoms with Gasteiger partial charge in [0, 0.05) is 5.69 Å². The van der Waals surface area contributed by atoms with Gasteiger partial charge in [-0.25, -0.2) is 22.5 Å². The molecule has 20 heavy (non-hydrogen) atoms. The van der Waals surface area contributed by atoms with E-state index in [0.717, 1.165) is 12.1 Å². The minimum atomic E-state index is -4.17. The van der Waals surface area contributed by atoms with Crippen LogP contribution in [0.1, 0.15) is 11.4 Å². The van der Waals surface area contributed by atoms with E-state index in [1.54, 1.807) is 13.8 Å². The molecule has 0 atom stereocenters. The average Bonchev–Trinajstić information content (AvgIpc) is 2.36. The van der Waals surface area contributed by atoms with Crippen molar-refractivity contribution in [1.29, 1.82) is 0 Å². The Morgan fingerprint density at radius 1 is 1.20 bits per heavy atom. The molecule has 0 amide bonds. The van der Waals surface area contributed by atoms with Crippen LogP contribution < -0.4 is 10.5 Å². The van der Waals surface area contributed by atoms with Gasteiger partial charge in [0.05, 0.1) is 11.4 Å². The van der Waals surface area contributed by atoms with Crippen molar-refractivity contribution in [3.05, 3.63) is 35.4 Å². The second kappa shape index (κ2) is 5.00. The van der Waals surface area contributed by atoms with Crippen LogP contribution >= 0.6 is 0 Å². The van der Waals surface area contributed by atoms with Crippen molar-refractivity contribution in [1.82, 2.24) is 15.2 Å². The number of halogens is 1. The zero-order chi connectivity index (χ0) is 14.9. The van der Waals surface area contributed by atoms with Gasteiger partial charge >= 0.3 is 0 Å². The number of nitrogens with two attached hydrogens (primary N) is 1. The zero-order valence-corrected chi connectivity index (χ0v) is 11.6. The Hall–Kier alpha value is -2.29. The smallest absolute Gasteiger partial charge is 0.267 e. The Morgan fingerprint density at radius 3 is 2.55 bits per heavy atom. The van der Waals surface area contributed by atoms with E-state index >= 15 is 0 Å². The number of sulfonamides is 1. The SMILES string of the molecule is Cc1nnc(NS(=O)(=O)c2cc(N)ccc2F)nc1C. The molecule has 0 saturated heterocycles. The molecular weight excluding hydrogens is 285 g/mol. The van der Waals surface area contributed by atoms with Crippen molar-refractivity contribution in [2.24, 2.45) is 0 Å². The molecule has 0 aliphatic carbocycles. The summed E-state index contributed by atoms with van der Waals surface area (Å²) in [7, 11) is -4.17. The van der Waals surface area contributed by atoms with Gasteiger partial charge in [-0.2, -0.15) is 5.10 Å². The van der Waals surface area contributed by atoms with Crippen LogP contribution in [0, 0.1) is 19.7 Å². The summed E-state index contributed by atoms with van der Waals surface area (Å²) in [5.41, 5.74) is 6.68. The Kier molecular flexibility index (Phi) is 3.53. The molecule has 0 aliphatic heterocycles. The van der Waals surface area contributed by atoms with E-state index in [4.69, 9.17) is 5.73 Å². The molecule has 0 unspecified atom stereocenters. The lowest BCUT2D eigenvalue weighted by Gasteiger charge is -2.08. The molecule has 0 bridgehead atoms. The van der Waals surface area contributed by atoms with Crippen LogP contribution in [-0.2, 0) is 10.0 Å². The highest BCUT2D eigenvalue weighted by Crippen LogP contribution is 2.19. The Balaban J connectivity index is 2.40. The number of hydrogen-bond acceptors (Lipinski definition) is 6. The van der Waals surface area contributed by atoms with Gasteiger partial charge in [0.2, 0.25) is 0 Å². The quantitative estimate of drug-likeness (QED) is 0.818. The number of nitrogen functional groups attached to an aromatic ring is 1. The maximum absolute atomic E-state index is 13.6. The van der Waals surface area contributed by atoms with E-state index in [-0.39, 0.29) is 11.6 Å². The van der Waals surface area contributed by atoms with Crippen LogP contribution in [0.4, 0.5) is 16.0 Å². The van der Waals surface area contributed by atoms with E-state index in [1.807, 2.05) is 0 Å². The molecule has 0 radical (unpaired) electrons. The minimum Gasteiger partial charge on any atom is -0.399 e. The van der Waals surface area contributed by atoms with Crippen molar-refractivity contribution in [2.45, 2.75) is 18.7 Å². The summed E-state index contributed by atoms with van der Waals surface area (Å²) in [5.74, 6) is -1.14. The van der Waals surface area contributed by atoms with Gasteiger partial charge in [-0.3, -0.25) is 0 Å². The third-order valence-electron chi connectivity index (χ3n) is 2.56. The lowest BCUT2D eigenvalue weighted by molar-refractivity contribution is 0.570. The molecule has 0 spiro atoms. The van der Waals surface area contributed by atoms with E-state index in [2.05, 4.69) is 19.9 Å². The summed E-state index contributed by atoms with van der Waals surface area (Å²) < 4.78 is 39.8. The van der Waals surface area contributed by atoms with Gasteiger partial charge in [0.25, 0.3) is 16.0 Å². The summed E-state index contributed by atoms with van der Waals surface area (Å²) in [6, 6.07) is 3.26. The highest BCUT2D eigenvalue weighted by atomic mass is 32.2. The van der Waals surface area contributed by atoms with Crippen molar-refractivity contribution in [3.63, 3.8) is 0 Å². The number of aryl methyl sites for hydroxylation is 2. The summed E-state index contributed by atoms with van der Waals surface area (Å²) in [5, 5.41) is 7.34. The molecule has 3 N–H and O–H groups in total. The summed E-state index contributed by atoms with van der Waals surface area (Å²) >= 11 is 0. The fourth-order valence-electron chi connectivity index (χ4n) is 1.40. The fourth-order valence-corrected chi connectivity index (χ4v) is 2.45. The molecule has 2 aromatic rings. The minimum absolute atomic E-state index is 0.130. The molecule has 0 aliphatic rings. The predicted octanol–water partition coefficient (Wildman–Crippen LogP) is 1.01. The number of nitrogens with one attached hydrogen (secondary N) is 1. The second-order valence-electron chi connectivity index (χ2n) is 4.10. The van der Waals surface area contributed by atoms with Gasteiger partial charge in [0.15, 0.2) is 0 Å². The van der Waals surface area contributed by atoms with Gasteiger partial charge in [-0.1, -0.05) is 0 Å². The highest BCUT2D eigenvalue weighted by Gasteiger charge is 2.21. The van der Waals surface area contributed by atoms with Gasteiger partial charge in [0.1, 0.15) is 10.7 Å². The Bertz CT molecular complexity index is 763. The molecule has 9 heteroatoms. The third-order valence-corrected chi connectivity index (χ3v) is 3.91. The van der Waals surface area contributed by atoms with Crippen LogP contribution in [0.2, 0.25) is 0 Å². The summed E-state index contributed by atoms with van der Waals surface area (Å²) in [6.07, 6.45) is 0. The summed E-state index contributed by atoms with van der Waals surface area (Å²) in [4.78, 5) is 3.35. The van der Waals surface area contributed by atoms with Crippen molar-refractivity contribution >= 4 is 21.7 Å². The highest BCUT2D eigenvalue weighted by molar-refractivity contribution is 7.92.